The SMILES string of the molecule is Cc1c(C(=O)O)ccc2c1CC[C@@H]2NC(=O)c1cc(C(=O)NCc2cc(F)cc(F)c2)nc2ncnn12. The van der Waals surface area contributed by atoms with Crippen molar-refractivity contribution in [2.75, 3.05) is 0 Å². The van der Waals surface area contributed by atoms with Crippen LogP contribution in [-0.2, 0) is 13.0 Å². The Kier molecular flexibility index (Phi) is 6.07. The molecule has 5 rings (SSSR count). The van der Waals surface area contributed by atoms with E-state index in [1.54, 1.807) is 13.0 Å². The van der Waals surface area contributed by atoms with Crippen molar-refractivity contribution in [2.24, 2.45) is 0 Å². The van der Waals surface area contributed by atoms with Crippen LogP contribution < -0.4 is 10.6 Å². The van der Waals surface area contributed by atoms with Gasteiger partial charge in [0.05, 0.1) is 11.6 Å². The monoisotopic (exact) mass is 506 g/mol. The lowest BCUT2D eigenvalue weighted by Gasteiger charge is -2.16. The number of nitrogens with one attached hydrogen (secondary N) is 2. The van der Waals surface area contributed by atoms with E-state index in [-0.39, 0.29) is 40.9 Å². The molecule has 2 aromatic heterocycles. The summed E-state index contributed by atoms with van der Waals surface area (Å²) in [5.41, 5.74) is 2.71. The standard InChI is InChI=1S/C25H20F2N6O4/c1-12-16-4-5-19(18(16)3-2-17(12)24(36)37)31-23(35)21-9-20(32-25-29-11-30-33(21)25)22(34)28-10-13-6-14(26)8-15(27)7-13/h2-3,6-9,11,19H,4-5,10H2,1H3,(H,28,34)(H,31,35)(H,36,37)/t19-/m0/s1. The molecule has 10 nitrogen and oxygen atoms in total. The fourth-order valence-corrected chi connectivity index (χ4v) is 4.57. The fraction of sp³-hybridized carbons (Fsp3) is 0.200. The number of carboxylic acids is 1. The highest BCUT2D eigenvalue weighted by Gasteiger charge is 2.29. The van der Waals surface area contributed by atoms with Crippen LogP contribution in [0.25, 0.3) is 5.78 Å². The Morgan fingerprint density at radius 2 is 1.86 bits per heavy atom. The van der Waals surface area contributed by atoms with Gasteiger partial charge in [0.15, 0.2) is 0 Å². The maximum absolute atomic E-state index is 13.4. The van der Waals surface area contributed by atoms with Crippen molar-refractivity contribution in [3.05, 3.63) is 93.6 Å². The van der Waals surface area contributed by atoms with Gasteiger partial charge in [0.25, 0.3) is 17.6 Å². The number of rotatable bonds is 6. The predicted octanol–water partition coefficient (Wildman–Crippen LogP) is 2.76. The van der Waals surface area contributed by atoms with E-state index in [1.807, 2.05) is 0 Å². The van der Waals surface area contributed by atoms with Crippen LogP contribution in [0.4, 0.5) is 8.78 Å². The van der Waals surface area contributed by atoms with Crippen molar-refractivity contribution in [3.63, 3.8) is 0 Å². The number of amides is 2. The number of benzene rings is 2. The minimum absolute atomic E-state index is 0.0109. The second kappa shape index (κ2) is 9.37. The van der Waals surface area contributed by atoms with Crippen molar-refractivity contribution in [2.45, 2.75) is 32.4 Å². The number of carbonyl (C=O) groups excluding carboxylic acids is 2. The molecule has 37 heavy (non-hydrogen) atoms. The molecule has 2 amide bonds. The zero-order valence-electron chi connectivity index (χ0n) is 19.5. The Balaban J connectivity index is 1.38. The lowest BCUT2D eigenvalue weighted by molar-refractivity contribution is 0.0695. The molecule has 4 aromatic rings. The highest BCUT2D eigenvalue weighted by Crippen LogP contribution is 2.34. The molecule has 2 heterocycles. The molecule has 188 valence electrons. The van der Waals surface area contributed by atoms with E-state index in [0.29, 0.717) is 18.4 Å². The van der Waals surface area contributed by atoms with Crippen molar-refractivity contribution >= 4 is 23.6 Å². The molecule has 0 radical (unpaired) electrons. The summed E-state index contributed by atoms with van der Waals surface area (Å²) in [4.78, 5) is 45.6. The first-order valence-corrected chi connectivity index (χ1v) is 11.3. The maximum atomic E-state index is 13.4. The molecule has 0 aliphatic heterocycles. The minimum Gasteiger partial charge on any atom is -0.478 e. The molecule has 12 heteroatoms. The van der Waals surface area contributed by atoms with Gasteiger partial charge in [0.2, 0.25) is 0 Å². The summed E-state index contributed by atoms with van der Waals surface area (Å²) < 4.78 is 28.1. The first-order valence-electron chi connectivity index (χ1n) is 11.3. The van der Waals surface area contributed by atoms with Crippen LogP contribution in [0.5, 0.6) is 0 Å². The molecule has 1 aliphatic carbocycles. The number of hydrogen-bond acceptors (Lipinski definition) is 6. The Bertz CT molecular complexity index is 1560. The van der Waals surface area contributed by atoms with Gasteiger partial charge in [-0.05, 0) is 60.2 Å². The van der Waals surface area contributed by atoms with Crippen LogP contribution in [0.15, 0.2) is 42.7 Å². The van der Waals surface area contributed by atoms with Crippen molar-refractivity contribution in [1.82, 2.24) is 30.2 Å². The number of halogens is 2. The number of aromatic nitrogens is 4. The molecule has 1 atom stereocenters. The topological polar surface area (TPSA) is 139 Å². The van der Waals surface area contributed by atoms with E-state index < -0.39 is 29.4 Å². The number of nitrogens with zero attached hydrogens (tertiary/aromatic N) is 4. The molecular weight excluding hydrogens is 486 g/mol. The Morgan fingerprint density at radius 1 is 1.11 bits per heavy atom. The van der Waals surface area contributed by atoms with Crippen LogP contribution >= 0.6 is 0 Å². The summed E-state index contributed by atoms with van der Waals surface area (Å²) in [7, 11) is 0. The molecule has 0 spiro atoms. The first kappa shape index (κ1) is 24.0. The minimum atomic E-state index is -1.01. The van der Waals surface area contributed by atoms with Gasteiger partial charge in [-0.25, -0.2) is 18.6 Å². The molecule has 0 unspecified atom stereocenters. The average Bonchev–Trinajstić information content (AvgIpc) is 3.49. The normalized spacial score (nSPS) is 14.4. The van der Waals surface area contributed by atoms with E-state index >= 15 is 0 Å². The number of fused-ring (bicyclic) bond motifs is 2. The molecule has 3 N–H and O–H groups in total. The molecular formula is C25H20F2N6O4. The fourth-order valence-electron chi connectivity index (χ4n) is 4.57. The van der Waals surface area contributed by atoms with Crippen molar-refractivity contribution in [3.8, 4) is 0 Å². The van der Waals surface area contributed by atoms with E-state index in [9.17, 15) is 28.3 Å². The largest absolute Gasteiger partial charge is 0.478 e. The highest BCUT2D eigenvalue weighted by atomic mass is 19.1. The van der Waals surface area contributed by atoms with Gasteiger partial charge >= 0.3 is 5.97 Å². The zero-order valence-corrected chi connectivity index (χ0v) is 19.5. The van der Waals surface area contributed by atoms with Gasteiger partial charge in [-0.1, -0.05) is 6.07 Å². The van der Waals surface area contributed by atoms with Gasteiger partial charge in [0, 0.05) is 18.7 Å². The summed E-state index contributed by atoms with van der Waals surface area (Å²) >= 11 is 0. The predicted molar refractivity (Wildman–Crippen MR) is 125 cm³/mol. The van der Waals surface area contributed by atoms with Gasteiger partial charge in [-0.2, -0.15) is 14.6 Å². The molecule has 2 aromatic carbocycles. The third-order valence-corrected chi connectivity index (χ3v) is 6.32. The smallest absolute Gasteiger partial charge is 0.335 e. The molecule has 0 fully saturated rings. The quantitative estimate of drug-likeness (QED) is 0.366. The van der Waals surface area contributed by atoms with Gasteiger partial charge in [-0.3, -0.25) is 9.59 Å². The second-order valence-electron chi connectivity index (χ2n) is 8.63. The third kappa shape index (κ3) is 4.60. The van der Waals surface area contributed by atoms with E-state index in [0.717, 1.165) is 29.3 Å². The third-order valence-electron chi connectivity index (χ3n) is 6.32. The van der Waals surface area contributed by atoms with E-state index in [1.165, 1.54) is 23.0 Å². The summed E-state index contributed by atoms with van der Waals surface area (Å²) in [6.45, 7) is 1.59. The van der Waals surface area contributed by atoms with Gasteiger partial charge < -0.3 is 15.7 Å². The first-order chi connectivity index (χ1) is 17.7. The molecule has 0 saturated heterocycles. The van der Waals surface area contributed by atoms with Crippen LogP contribution in [-0.4, -0.2) is 42.5 Å². The zero-order chi connectivity index (χ0) is 26.3. The lowest BCUT2D eigenvalue weighted by atomic mass is 9.98. The van der Waals surface area contributed by atoms with Crippen molar-refractivity contribution in [1.29, 1.82) is 0 Å². The molecule has 0 bridgehead atoms. The summed E-state index contributed by atoms with van der Waals surface area (Å²) in [5.74, 6) is -3.73. The maximum Gasteiger partial charge on any atom is 0.335 e. The number of carbonyl (C=O) groups is 3. The van der Waals surface area contributed by atoms with E-state index in [4.69, 9.17) is 0 Å². The van der Waals surface area contributed by atoms with Gasteiger partial charge in [0.1, 0.15) is 29.3 Å². The van der Waals surface area contributed by atoms with Crippen LogP contribution in [0, 0.1) is 18.6 Å². The van der Waals surface area contributed by atoms with Crippen LogP contribution in [0.1, 0.15) is 66.1 Å². The Labute approximate surface area is 208 Å². The Hall–Kier alpha value is -4.74. The molecule has 1 aliphatic rings. The number of aromatic carboxylic acids is 1. The van der Waals surface area contributed by atoms with Crippen LogP contribution in [0.2, 0.25) is 0 Å². The lowest BCUT2D eigenvalue weighted by Crippen LogP contribution is -2.30. The average molecular weight is 506 g/mol. The summed E-state index contributed by atoms with van der Waals surface area (Å²) in [6.07, 6.45) is 2.38. The molecule has 0 saturated carbocycles. The summed E-state index contributed by atoms with van der Waals surface area (Å²) in [5, 5.41) is 18.9. The van der Waals surface area contributed by atoms with Crippen LogP contribution in [0.3, 0.4) is 0 Å². The number of carboxylic acid groups (broad SMARTS) is 1. The summed E-state index contributed by atoms with van der Waals surface area (Å²) in [6, 6.07) is 7.04. The second-order valence-corrected chi connectivity index (χ2v) is 8.63. The Morgan fingerprint density at radius 3 is 2.59 bits per heavy atom. The number of hydrogen-bond donors (Lipinski definition) is 3. The highest BCUT2D eigenvalue weighted by molar-refractivity contribution is 5.98. The van der Waals surface area contributed by atoms with Gasteiger partial charge in [-0.15, -0.1) is 0 Å². The van der Waals surface area contributed by atoms with Crippen molar-refractivity contribution < 1.29 is 28.3 Å². The van der Waals surface area contributed by atoms with E-state index in [2.05, 4.69) is 25.7 Å².